The van der Waals surface area contributed by atoms with Crippen LogP contribution in [0.3, 0.4) is 0 Å². The van der Waals surface area contributed by atoms with Crippen LogP contribution in [0.1, 0.15) is 19.8 Å². The number of rotatable bonds is 3. The summed E-state index contributed by atoms with van der Waals surface area (Å²) in [5.41, 5.74) is 0. The van der Waals surface area contributed by atoms with Crippen molar-refractivity contribution in [2.75, 3.05) is 0 Å². The van der Waals surface area contributed by atoms with Gasteiger partial charge in [-0.25, -0.2) is 0 Å². The molecule has 0 aliphatic rings. The molecule has 0 rings (SSSR count). The summed E-state index contributed by atoms with van der Waals surface area (Å²) >= 11 is -1.63. The molecule has 0 saturated heterocycles. The zero-order valence-electron chi connectivity index (χ0n) is 4.45. The van der Waals surface area contributed by atoms with Crippen LogP contribution in [0.15, 0.2) is 0 Å². The fourth-order valence-corrected chi connectivity index (χ4v) is 3.47. The first-order chi connectivity index (χ1) is 3.27. The molecule has 7 heavy (non-hydrogen) atoms. The van der Waals surface area contributed by atoms with Gasteiger partial charge in [0.05, 0.1) is 0 Å². The first-order valence-corrected chi connectivity index (χ1v) is 10.6. The minimum absolute atomic E-state index is 1.12. The molecule has 0 saturated carbocycles. The number of hydrogen-bond donors (Lipinski definition) is 0. The van der Waals surface area contributed by atoms with Crippen LogP contribution < -0.4 is 0 Å². The Morgan fingerprint density at radius 1 is 1.43 bits per heavy atom. The first-order valence-electron chi connectivity index (χ1n) is 2.55. The van der Waals surface area contributed by atoms with Gasteiger partial charge >= 0.3 is 57.5 Å². The molecule has 0 nitrogen and oxygen atoms in total. The zero-order chi connectivity index (χ0) is 5.70. The van der Waals surface area contributed by atoms with E-state index in [4.69, 9.17) is 20.0 Å². The predicted molar refractivity (Wildman–Crippen MR) is 38.6 cm³/mol. The minimum atomic E-state index is -1.63. The average Bonchev–Trinajstić information content (AvgIpc) is 1.61. The second kappa shape index (κ2) is 5.26. The van der Waals surface area contributed by atoms with E-state index in [1.165, 1.54) is 12.8 Å². The summed E-state index contributed by atoms with van der Waals surface area (Å²) in [5.74, 6) is 0. The second-order valence-electron chi connectivity index (χ2n) is 1.53. The van der Waals surface area contributed by atoms with Gasteiger partial charge in [-0.05, 0) is 0 Å². The van der Waals surface area contributed by atoms with Gasteiger partial charge in [-0.15, -0.1) is 0 Å². The van der Waals surface area contributed by atoms with Crippen molar-refractivity contribution in [3.63, 3.8) is 0 Å². The number of unbranched alkanes of at least 4 members (excludes halogenated alkanes) is 1. The monoisotopic (exact) mass is 202 g/mol. The molecular weight excluding hydrogens is 192 g/mol. The van der Waals surface area contributed by atoms with Gasteiger partial charge in [0.2, 0.25) is 0 Å². The molecule has 0 amide bonds. The summed E-state index contributed by atoms with van der Waals surface area (Å²) in [6, 6.07) is 0. The molecule has 3 heteroatoms. The van der Waals surface area contributed by atoms with Crippen LogP contribution >= 0.6 is 20.0 Å². The molecule has 0 N–H and O–H groups in total. The number of hydrogen-bond acceptors (Lipinski definition) is 0. The maximum atomic E-state index is 5.61. The van der Waals surface area contributed by atoms with E-state index in [1.807, 2.05) is 0 Å². The van der Waals surface area contributed by atoms with E-state index >= 15 is 0 Å². The molecule has 0 bridgehead atoms. The third-order valence-electron chi connectivity index (χ3n) is 0.776. The molecule has 0 radical (unpaired) electrons. The standard InChI is InChI=1S/C4H10Cl2Ge/c1-2-3-4-7(5)6/h7H,2-4H2,1H3. The Hall–Kier alpha value is 1.12. The Labute approximate surface area is 57.7 Å². The number of halogens is 2. The van der Waals surface area contributed by atoms with Gasteiger partial charge in [-0.1, -0.05) is 0 Å². The van der Waals surface area contributed by atoms with E-state index in [9.17, 15) is 0 Å². The molecule has 0 aromatic heterocycles. The van der Waals surface area contributed by atoms with Crippen molar-refractivity contribution in [2.45, 2.75) is 25.0 Å². The topological polar surface area (TPSA) is 0 Å². The van der Waals surface area contributed by atoms with Crippen LogP contribution in [-0.2, 0) is 0 Å². The van der Waals surface area contributed by atoms with Crippen LogP contribution in [0.5, 0.6) is 0 Å². The van der Waals surface area contributed by atoms with Crippen molar-refractivity contribution >= 4 is 32.5 Å². The predicted octanol–water partition coefficient (Wildman–Crippen LogP) is 2.48. The summed E-state index contributed by atoms with van der Waals surface area (Å²) in [5, 5.41) is 1.12. The Kier molecular flexibility index (Phi) is 6.11. The normalized spacial score (nSPS) is 10.3. The fraction of sp³-hybridized carbons (Fsp3) is 1.00. The summed E-state index contributed by atoms with van der Waals surface area (Å²) in [6.07, 6.45) is 2.44. The summed E-state index contributed by atoms with van der Waals surface area (Å²) in [7, 11) is 11.2. The Morgan fingerprint density at radius 2 is 2.00 bits per heavy atom. The molecule has 0 aliphatic heterocycles. The third kappa shape index (κ3) is 7.12. The van der Waals surface area contributed by atoms with Crippen LogP contribution in [-0.4, -0.2) is 12.5 Å². The van der Waals surface area contributed by atoms with Gasteiger partial charge in [0.25, 0.3) is 0 Å². The molecule has 0 spiro atoms. The van der Waals surface area contributed by atoms with Crippen molar-refractivity contribution < 1.29 is 0 Å². The fourth-order valence-electron chi connectivity index (χ4n) is 0.358. The SMILES string of the molecule is CCC[CH2][GeH]([Cl])[Cl]. The zero-order valence-corrected chi connectivity index (χ0v) is 8.39. The molecule has 0 unspecified atom stereocenters. The molecule has 0 fully saturated rings. The molecule has 0 aromatic carbocycles. The summed E-state index contributed by atoms with van der Waals surface area (Å²) in [6.45, 7) is 2.15. The van der Waals surface area contributed by atoms with Gasteiger partial charge in [-0.3, -0.25) is 0 Å². The Bertz CT molecular complexity index is 38.7. The molecule has 44 valence electrons. The van der Waals surface area contributed by atoms with E-state index in [-0.39, 0.29) is 0 Å². The third-order valence-corrected chi connectivity index (χ3v) is 4.82. The van der Waals surface area contributed by atoms with Crippen molar-refractivity contribution in [1.82, 2.24) is 0 Å². The van der Waals surface area contributed by atoms with Crippen molar-refractivity contribution in [1.29, 1.82) is 0 Å². The van der Waals surface area contributed by atoms with E-state index in [0.717, 1.165) is 5.25 Å². The summed E-state index contributed by atoms with van der Waals surface area (Å²) in [4.78, 5) is 0. The quantitative estimate of drug-likeness (QED) is 0.616. The van der Waals surface area contributed by atoms with Gasteiger partial charge in [0.1, 0.15) is 0 Å². The first kappa shape index (κ1) is 8.12. The maximum absolute atomic E-state index is 5.61. The summed E-state index contributed by atoms with van der Waals surface area (Å²) < 4.78 is 0. The van der Waals surface area contributed by atoms with Crippen molar-refractivity contribution in [3.05, 3.63) is 0 Å². The van der Waals surface area contributed by atoms with E-state index in [0.29, 0.717) is 0 Å². The van der Waals surface area contributed by atoms with Gasteiger partial charge in [-0.2, -0.15) is 0 Å². The second-order valence-corrected chi connectivity index (χ2v) is 11.0. The van der Waals surface area contributed by atoms with Crippen LogP contribution in [0.4, 0.5) is 0 Å². The molecule has 0 heterocycles. The van der Waals surface area contributed by atoms with Crippen molar-refractivity contribution in [3.8, 4) is 0 Å². The molecule has 0 atom stereocenters. The molecule has 0 aromatic rings. The van der Waals surface area contributed by atoms with E-state index < -0.39 is 12.5 Å². The Balaban J connectivity index is 2.68. The van der Waals surface area contributed by atoms with Crippen LogP contribution in [0, 0.1) is 0 Å². The Morgan fingerprint density at radius 3 is 2.14 bits per heavy atom. The average molecular weight is 202 g/mol. The molecular formula is C4H10Cl2Ge. The van der Waals surface area contributed by atoms with Gasteiger partial charge in [0, 0.05) is 0 Å². The van der Waals surface area contributed by atoms with Crippen LogP contribution in [0.2, 0.25) is 5.25 Å². The molecule has 0 aliphatic carbocycles. The van der Waals surface area contributed by atoms with Gasteiger partial charge < -0.3 is 0 Å². The van der Waals surface area contributed by atoms with Crippen LogP contribution in [0.25, 0.3) is 0 Å². The van der Waals surface area contributed by atoms with E-state index in [2.05, 4.69) is 6.92 Å². The van der Waals surface area contributed by atoms with Crippen molar-refractivity contribution in [2.24, 2.45) is 0 Å². The van der Waals surface area contributed by atoms with Gasteiger partial charge in [0.15, 0.2) is 0 Å². The van der Waals surface area contributed by atoms with E-state index in [1.54, 1.807) is 0 Å².